The minimum Gasteiger partial charge on any atom is -0.444 e. The number of benzene rings is 2. The maximum absolute atomic E-state index is 13.3. The lowest BCUT2D eigenvalue weighted by Crippen LogP contribution is -2.37. The van der Waals surface area contributed by atoms with Crippen molar-refractivity contribution in [3.63, 3.8) is 0 Å². The van der Waals surface area contributed by atoms with Crippen molar-refractivity contribution in [2.75, 3.05) is 13.1 Å². The van der Waals surface area contributed by atoms with E-state index in [1.807, 2.05) is 45.0 Å². The number of nitrogens with two attached hydrogens (primary N) is 1. The summed E-state index contributed by atoms with van der Waals surface area (Å²) in [5.41, 5.74) is 1.92. The molecule has 1 aliphatic rings. The number of carbonyl (C=O) groups is 2. The van der Waals surface area contributed by atoms with Gasteiger partial charge in [0.15, 0.2) is 0 Å². The Hall–Kier alpha value is -3.50. The molecule has 39 heavy (non-hydrogen) atoms. The Balaban J connectivity index is 1.38. The number of sulfonamides is 1. The van der Waals surface area contributed by atoms with Gasteiger partial charge in [0.2, 0.25) is 10.0 Å². The average Bonchev–Trinajstić information content (AvgIpc) is 2.89. The van der Waals surface area contributed by atoms with Crippen molar-refractivity contribution in [2.24, 2.45) is 17.0 Å². The van der Waals surface area contributed by atoms with E-state index in [1.165, 1.54) is 12.1 Å². The highest BCUT2D eigenvalue weighted by molar-refractivity contribution is 7.89. The molecule has 0 atom stereocenters. The number of hydrogen-bond acceptors (Lipinski definition) is 6. The number of pyridine rings is 1. The zero-order valence-electron chi connectivity index (χ0n) is 22.6. The smallest absolute Gasteiger partial charge is 0.407 e. The van der Waals surface area contributed by atoms with Crippen molar-refractivity contribution in [1.82, 2.24) is 15.6 Å². The Morgan fingerprint density at radius 3 is 2.13 bits per heavy atom. The largest absolute Gasteiger partial charge is 0.444 e. The summed E-state index contributed by atoms with van der Waals surface area (Å²) in [6, 6.07) is 15.3. The molecule has 0 aliphatic heterocycles. The summed E-state index contributed by atoms with van der Waals surface area (Å²) in [7, 11) is -3.80. The molecule has 3 aromatic rings. The summed E-state index contributed by atoms with van der Waals surface area (Å²) in [5, 5.41) is 11.9. The van der Waals surface area contributed by atoms with Crippen LogP contribution in [0.25, 0.3) is 22.2 Å². The minimum atomic E-state index is -3.80. The van der Waals surface area contributed by atoms with Gasteiger partial charge in [0.25, 0.3) is 5.91 Å². The summed E-state index contributed by atoms with van der Waals surface area (Å²) < 4.78 is 28.5. The molecule has 0 spiro atoms. The molecular weight excluding hydrogens is 516 g/mol. The van der Waals surface area contributed by atoms with Crippen molar-refractivity contribution in [1.29, 1.82) is 0 Å². The SMILES string of the molecule is CC(C)(C)OC(=O)NCC1CCC(CNC(=O)c2cc(-c3ccc(S(N)(=O)=O)cc3)nc3ccccc23)CC1. The van der Waals surface area contributed by atoms with Crippen molar-refractivity contribution in [3.8, 4) is 11.3 Å². The van der Waals surface area contributed by atoms with Crippen LogP contribution >= 0.6 is 0 Å². The van der Waals surface area contributed by atoms with Gasteiger partial charge in [-0.05, 0) is 82.6 Å². The molecular formula is C29H36N4O5S. The monoisotopic (exact) mass is 552 g/mol. The summed E-state index contributed by atoms with van der Waals surface area (Å²) in [4.78, 5) is 30.0. The molecule has 208 valence electrons. The normalized spacial score (nSPS) is 17.9. The summed E-state index contributed by atoms with van der Waals surface area (Å²) >= 11 is 0. The lowest BCUT2D eigenvalue weighted by atomic mass is 9.82. The van der Waals surface area contributed by atoms with Crippen molar-refractivity contribution >= 4 is 32.9 Å². The van der Waals surface area contributed by atoms with Crippen molar-refractivity contribution in [2.45, 2.75) is 57.0 Å². The second-order valence-corrected chi connectivity index (χ2v) is 12.7. The number of alkyl carbamates (subject to hydrolysis) is 1. The molecule has 1 saturated carbocycles. The van der Waals surface area contributed by atoms with E-state index in [9.17, 15) is 18.0 Å². The molecule has 2 amide bonds. The van der Waals surface area contributed by atoms with Gasteiger partial charge in [-0.1, -0.05) is 30.3 Å². The molecule has 2 aromatic carbocycles. The molecule has 10 heteroatoms. The van der Waals surface area contributed by atoms with Gasteiger partial charge >= 0.3 is 6.09 Å². The zero-order chi connectivity index (χ0) is 28.2. The number of nitrogens with one attached hydrogen (secondary N) is 2. The van der Waals surface area contributed by atoms with Gasteiger partial charge in [0.05, 0.1) is 21.7 Å². The van der Waals surface area contributed by atoms with Crippen LogP contribution in [-0.4, -0.2) is 44.1 Å². The first kappa shape index (κ1) is 28.5. The Morgan fingerprint density at radius 2 is 1.54 bits per heavy atom. The predicted octanol–water partition coefficient (Wildman–Crippen LogP) is 4.61. The van der Waals surface area contributed by atoms with E-state index < -0.39 is 15.6 Å². The molecule has 1 aliphatic carbocycles. The summed E-state index contributed by atoms with van der Waals surface area (Å²) in [6.45, 7) is 6.69. The standard InChI is InChI=1S/C29H36N4O5S/c1-29(2,3)38-28(35)32-18-20-10-8-19(9-11-20)17-31-27(34)24-16-26(33-25-7-5-4-6-23(24)25)21-12-14-22(15-13-21)39(30,36)37/h4-7,12-16,19-20H,8-11,17-18H2,1-3H3,(H,31,34)(H,32,35)(H2,30,36,37). The number of hydrogen-bond donors (Lipinski definition) is 3. The number of fused-ring (bicyclic) bond motifs is 1. The van der Waals surface area contributed by atoms with Crippen LogP contribution in [0.15, 0.2) is 59.5 Å². The molecule has 1 fully saturated rings. The fourth-order valence-corrected chi connectivity index (χ4v) is 5.36. The van der Waals surface area contributed by atoms with Crippen LogP contribution in [0, 0.1) is 11.8 Å². The molecule has 9 nitrogen and oxygen atoms in total. The first-order chi connectivity index (χ1) is 18.4. The third-order valence-electron chi connectivity index (χ3n) is 6.89. The fourth-order valence-electron chi connectivity index (χ4n) is 4.84. The Bertz CT molecular complexity index is 1440. The number of nitrogens with zero attached hydrogens (tertiary/aromatic N) is 1. The summed E-state index contributed by atoms with van der Waals surface area (Å²) in [5.74, 6) is 0.589. The highest BCUT2D eigenvalue weighted by Crippen LogP contribution is 2.29. The predicted molar refractivity (Wildman–Crippen MR) is 151 cm³/mol. The third kappa shape index (κ3) is 7.77. The molecule has 0 radical (unpaired) electrons. The first-order valence-corrected chi connectivity index (χ1v) is 14.7. The molecule has 4 rings (SSSR count). The highest BCUT2D eigenvalue weighted by atomic mass is 32.2. The lowest BCUT2D eigenvalue weighted by molar-refractivity contribution is 0.0512. The van der Waals surface area contributed by atoms with E-state index in [2.05, 4.69) is 15.6 Å². The van der Waals surface area contributed by atoms with Crippen LogP contribution in [0.3, 0.4) is 0 Å². The van der Waals surface area contributed by atoms with Gasteiger partial charge in [0, 0.05) is 24.0 Å². The molecule has 1 aromatic heterocycles. The van der Waals surface area contributed by atoms with Crippen LogP contribution in [0.4, 0.5) is 4.79 Å². The minimum absolute atomic E-state index is 0.0142. The van der Waals surface area contributed by atoms with E-state index in [-0.39, 0.29) is 16.9 Å². The maximum atomic E-state index is 13.3. The Morgan fingerprint density at radius 1 is 0.949 bits per heavy atom. The molecule has 0 unspecified atom stereocenters. The average molecular weight is 553 g/mol. The number of rotatable bonds is 7. The maximum Gasteiger partial charge on any atom is 0.407 e. The first-order valence-electron chi connectivity index (χ1n) is 13.2. The van der Waals surface area contributed by atoms with E-state index in [0.717, 1.165) is 31.1 Å². The van der Waals surface area contributed by atoms with Gasteiger partial charge in [-0.15, -0.1) is 0 Å². The van der Waals surface area contributed by atoms with Crippen LogP contribution in [0.5, 0.6) is 0 Å². The number of primary sulfonamides is 1. The van der Waals surface area contributed by atoms with Gasteiger partial charge < -0.3 is 15.4 Å². The summed E-state index contributed by atoms with van der Waals surface area (Å²) in [6.07, 6.45) is 3.51. The Labute approximate surface area is 229 Å². The lowest BCUT2D eigenvalue weighted by Gasteiger charge is -2.29. The number of ether oxygens (including phenoxy) is 1. The van der Waals surface area contributed by atoms with Crippen LogP contribution in [0.1, 0.15) is 56.8 Å². The van der Waals surface area contributed by atoms with Crippen LogP contribution < -0.4 is 15.8 Å². The van der Waals surface area contributed by atoms with E-state index >= 15 is 0 Å². The number of aromatic nitrogens is 1. The van der Waals surface area contributed by atoms with E-state index in [0.29, 0.717) is 47.3 Å². The van der Waals surface area contributed by atoms with Gasteiger partial charge in [-0.2, -0.15) is 0 Å². The number of carbonyl (C=O) groups excluding carboxylic acids is 2. The molecule has 0 bridgehead atoms. The second-order valence-electron chi connectivity index (χ2n) is 11.1. The quantitative estimate of drug-likeness (QED) is 0.391. The van der Waals surface area contributed by atoms with Crippen LogP contribution in [0.2, 0.25) is 0 Å². The van der Waals surface area contributed by atoms with Gasteiger partial charge in [-0.3, -0.25) is 4.79 Å². The van der Waals surface area contributed by atoms with Gasteiger partial charge in [-0.25, -0.2) is 23.3 Å². The second kappa shape index (κ2) is 11.7. The highest BCUT2D eigenvalue weighted by Gasteiger charge is 2.24. The molecule has 0 saturated heterocycles. The fraction of sp³-hybridized carbons (Fsp3) is 0.414. The molecule has 1 heterocycles. The number of para-hydroxylation sites is 1. The Kier molecular flexibility index (Phi) is 8.56. The number of amides is 2. The van der Waals surface area contributed by atoms with Gasteiger partial charge in [0.1, 0.15) is 5.60 Å². The van der Waals surface area contributed by atoms with Crippen molar-refractivity contribution < 1.29 is 22.7 Å². The third-order valence-corrected chi connectivity index (χ3v) is 7.82. The van der Waals surface area contributed by atoms with Crippen LogP contribution in [-0.2, 0) is 14.8 Å². The van der Waals surface area contributed by atoms with E-state index in [4.69, 9.17) is 9.88 Å². The zero-order valence-corrected chi connectivity index (χ0v) is 23.4. The topological polar surface area (TPSA) is 140 Å². The van der Waals surface area contributed by atoms with Crippen molar-refractivity contribution in [3.05, 3.63) is 60.2 Å². The molecule has 4 N–H and O–H groups in total. The van der Waals surface area contributed by atoms with E-state index in [1.54, 1.807) is 18.2 Å².